The number of imidazole rings is 1. The van der Waals surface area contributed by atoms with E-state index < -0.39 is 11.6 Å². The molecule has 0 unspecified atom stereocenters. The largest absolute Gasteiger partial charge is 0.342 e. The van der Waals surface area contributed by atoms with Gasteiger partial charge in [-0.2, -0.15) is 0 Å². The van der Waals surface area contributed by atoms with E-state index in [-0.39, 0.29) is 0 Å². The smallest absolute Gasteiger partial charge is 0.161 e. The first-order valence-electron chi connectivity index (χ1n) is 3.48. The van der Waals surface area contributed by atoms with Crippen LogP contribution in [-0.2, 0) is 0 Å². The van der Waals surface area contributed by atoms with Crippen LogP contribution in [0.3, 0.4) is 0 Å². The standard InChI is InChI=1S/C8H6F2N2/c1-4-11-7-2-5(9)6(10)3-8(7)12-4/h2-3H,1H3,(H,11,12). The number of halogens is 2. The summed E-state index contributed by atoms with van der Waals surface area (Å²) in [7, 11) is 0. The molecule has 4 heteroatoms. The number of nitrogens with one attached hydrogen (secondary N) is 1. The second kappa shape index (κ2) is 2.27. The van der Waals surface area contributed by atoms with Crippen LogP contribution in [0, 0.1) is 18.6 Å². The van der Waals surface area contributed by atoms with Crippen molar-refractivity contribution in [3.05, 3.63) is 29.6 Å². The number of benzene rings is 1. The molecular formula is C8H6F2N2. The molecular weight excluding hydrogens is 162 g/mol. The summed E-state index contributed by atoms with van der Waals surface area (Å²) in [6.45, 7) is 1.73. The van der Waals surface area contributed by atoms with Crippen LogP contribution in [0.25, 0.3) is 11.0 Å². The molecule has 1 N–H and O–H groups in total. The quantitative estimate of drug-likeness (QED) is 0.641. The summed E-state index contributed by atoms with van der Waals surface area (Å²) in [4.78, 5) is 6.76. The highest BCUT2D eigenvalue weighted by molar-refractivity contribution is 5.75. The fourth-order valence-corrected chi connectivity index (χ4v) is 1.13. The molecule has 12 heavy (non-hydrogen) atoms. The Balaban J connectivity index is 2.83. The highest BCUT2D eigenvalue weighted by Crippen LogP contribution is 2.15. The Labute approximate surface area is 67.2 Å². The van der Waals surface area contributed by atoms with E-state index in [1.807, 2.05) is 0 Å². The fraction of sp³-hybridized carbons (Fsp3) is 0.125. The Morgan fingerprint density at radius 3 is 2.67 bits per heavy atom. The first kappa shape index (κ1) is 7.21. The van der Waals surface area contributed by atoms with Gasteiger partial charge in [0.05, 0.1) is 11.0 Å². The van der Waals surface area contributed by atoms with Gasteiger partial charge in [-0.15, -0.1) is 0 Å². The first-order chi connectivity index (χ1) is 5.66. The van der Waals surface area contributed by atoms with Crippen molar-refractivity contribution < 1.29 is 8.78 Å². The maximum absolute atomic E-state index is 12.6. The van der Waals surface area contributed by atoms with Crippen LogP contribution in [0.15, 0.2) is 12.1 Å². The topological polar surface area (TPSA) is 28.7 Å². The van der Waals surface area contributed by atoms with E-state index >= 15 is 0 Å². The van der Waals surface area contributed by atoms with Gasteiger partial charge in [-0.1, -0.05) is 0 Å². The molecule has 0 fully saturated rings. The van der Waals surface area contributed by atoms with Crippen molar-refractivity contribution in [3.63, 3.8) is 0 Å². The van der Waals surface area contributed by atoms with Gasteiger partial charge in [0.15, 0.2) is 11.6 Å². The Morgan fingerprint density at radius 1 is 1.25 bits per heavy atom. The summed E-state index contributed by atoms with van der Waals surface area (Å²) < 4.78 is 25.3. The minimum atomic E-state index is -0.867. The van der Waals surface area contributed by atoms with Crippen LogP contribution in [-0.4, -0.2) is 9.97 Å². The van der Waals surface area contributed by atoms with Crippen LogP contribution >= 0.6 is 0 Å². The van der Waals surface area contributed by atoms with E-state index in [0.29, 0.717) is 16.9 Å². The van der Waals surface area contributed by atoms with E-state index in [1.165, 1.54) is 0 Å². The molecule has 2 nitrogen and oxygen atoms in total. The predicted molar refractivity (Wildman–Crippen MR) is 40.7 cm³/mol. The Morgan fingerprint density at radius 2 is 1.92 bits per heavy atom. The highest BCUT2D eigenvalue weighted by Gasteiger charge is 2.05. The van der Waals surface area contributed by atoms with E-state index in [9.17, 15) is 8.78 Å². The van der Waals surface area contributed by atoms with Gasteiger partial charge >= 0.3 is 0 Å². The molecule has 1 heterocycles. The summed E-state index contributed by atoms with van der Waals surface area (Å²) in [5, 5.41) is 0. The van der Waals surface area contributed by atoms with Gasteiger partial charge < -0.3 is 4.98 Å². The maximum atomic E-state index is 12.6. The molecule has 0 radical (unpaired) electrons. The second-order valence-electron chi connectivity index (χ2n) is 2.61. The van der Waals surface area contributed by atoms with Crippen molar-refractivity contribution in [2.45, 2.75) is 6.92 Å². The zero-order chi connectivity index (χ0) is 8.72. The lowest BCUT2D eigenvalue weighted by Gasteiger charge is -1.90. The number of rotatable bonds is 0. The molecule has 2 aromatic rings. The van der Waals surface area contributed by atoms with Crippen molar-refractivity contribution >= 4 is 11.0 Å². The van der Waals surface area contributed by atoms with Crippen molar-refractivity contribution in [2.24, 2.45) is 0 Å². The lowest BCUT2D eigenvalue weighted by Crippen LogP contribution is -1.82. The second-order valence-corrected chi connectivity index (χ2v) is 2.61. The molecule has 1 aromatic heterocycles. The van der Waals surface area contributed by atoms with Gasteiger partial charge in [-0.05, 0) is 6.92 Å². The zero-order valence-electron chi connectivity index (χ0n) is 6.36. The van der Waals surface area contributed by atoms with Gasteiger partial charge in [-0.3, -0.25) is 0 Å². The van der Waals surface area contributed by atoms with Crippen molar-refractivity contribution in [2.75, 3.05) is 0 Å². The van der Waals surface area contributed by atoms with Crippen LogP contribution in [0.2, 0.25) is 0 Å². The van der Waals surface area contributed by atoms with E-state index in [4.69, 9.17) is 0 Å². The van der Waals surface area contributed by atoms with Crippen molar-refractivity contribution in [1.82, 2.24) is 9.97 Å². The van der Waals surface area contributed by atoms with Crippen molar-refractivity contribution in [3.8, 4) is 0 Å². The molecule has 0 saturated heterocycles. The van der Waals surface area contributed by atoms with E-state index in [0.717, 1.165) is 12.1 Å². The number of aromatic amines is 1. The summed E-state index contributed by atoms with van der Waals surface area (Å²) >= 11 is 0. The summed E-state index contributed by atoms with van der Waals surface area (Å²) in [5.74, 6) is -1.07. The number of H-pyrrole nitrogens is 1. The monoisotopic (exact) mass is 168 g/mol. The number of hydrogen-bond donors (Lipinski definition) is 1. The van der Waals surface area contributed by atoms with E-state index in [2.05, 4.69) is 9.97 Å². The summed E-state index contributed by atoms with van der Waals surface area (Å²) in [6, 6.07) is 2.18. The third-order valence-corrected chi connectivity index (χ3v) is 1.64. The fourth-order valence-electron chi connectivity index (χ4n) is 1.13. The third-order valence-electron chi connectivity index (χ3n) is 1.64. The normalized spacial score (nSPS) is 10.9. The van der Waals surface area contributed by atoms with E-state index in [1.54, 1.807) is 6.92 Å². The highest BCUT2D eigenvalue weighted by atomic mass is 19.2. The van der Waals surface area contributed by atoms with Gasteiger partial charge in [0.25, 0.3) is 0 Å². The van der Waals surface area contributed by atoms with Crippen LogP contribution in [0.4, 0.5) is 8.78 Å². The van der Waals surface area contributed by atoms with Gasteiger partial charge in [0.1, 0.15) is 5.82 Å². The molecule has 0 atom stereocenters. The lowest BCUT2D eigenvalue weighted by molar-refractivity contribution is 0.510. The number of hydrogen-bond acceptors (Lipinski definition) is 1. The molecule has 2 rings (SSSR count). The number of fused-ring (bicyclic) bond motifs is 1. The predicted octanol–water partition coefficient (Wildman–Crippen LogP) is 2.15. The summed E-state index contributed by atoms with van der Waals surface area (Å²) in [5.41, 5.74) is 0.970. The SMILES string of the molecule is Cc1nc2cc(F)c(F)cc2[nH]1. The first-order valence-corrected chi connectivity index (χ1v) is 3.48. The Kier molecular flexibility index (Phi) is 1.36. The Bertz CT molecular complexity index is 395. The zero-order valence-corrected chi connectivity index (χ0v) is 6.36. The number of aryl methyl sites for hydroxylation is 1. The number of nitrogens with zero attached hydrogens (tertiary/aromatic N) is 1. The van der Waals surface area contributed by atoms with Gasteiger partial charge in [0, 0.05) is 12.1 Å². The van der Waals surface area contributed by atoms with Crippen LogP contribution in [0.5, 0.6) is 0 Å². The summed E-state index contributed by atoms with van der Waals surface area (Å²) in [6.07, 6.45) is 0. The molecule has 62 valence electrons. The third kappa shape index (κ3) is 0.958. The molecule has 0 aliphatic carbocycles. The molecule has 1 aromatic carbocycles. The molecule has 0 saturated carbocycles. The average Bonchev–Trinajstić information content (AvgIpc) is 2.30. The minimum absolute atomic E-state index is 0.450. The van der Waals surface area contributed by atoms with Crippen molar-refractivity contribution in [1.29, 1.82) is 0 Å². The Hall–Kier alpha value is -1.45. The molecule has 0 aliphatic heterocycles. The molecule has 0 aliphatic rings. The minimum Gasteiger partial charge on any atom is -0.342 e. The number of aromatic nitrogens is 2. The maximum Gasteiger partial charge on any atom is 0.161 e. The molecule has 0 spiro atoms. The van der Waals surface area contributed by atoms with Gasteiger partial charge in [0.2, 0.25) is 0 Å². The molecule has 0 bridgehead atoms. The molecule has 0 amide bonds. The van der Waals surface area contributed by atoms with Gasteiger partial charge in [-0.25, -0.2) is 13.8 Å². The van der Waals surface area contributed by atoms with Crippen LogP contribution in [0.1, 0.15) is 5.82 Å². The van der Waals surface area contributed by atoms with Crippen LogP contribution < -0.4 is 0 Å². The lowest BCUT2D eigenvalue weighted by atomic mass is 10.3. The average molecular weight is 168 g/mol.